The molecular formula is C10H12N4O2. The average molecular weight is 220 g/mol. The molecule has 0 bridgehead atoms. The molecule has 2 rings (SSSR count). The van der Waals surface area contributed by atoms with Crippen LogP contribution in [-0.2, 0) is 11.8 Å². The van der Waals surface area contributed by atoms with E-state index < -0.39 is 5.97 Å². The zero-order valence-corrected chi connectivity index (χ0v) is 9.31. The van der Waals surface area contributed by atoms with Crippen molar-refractivity contribution >= 4 is 5.97 Å². The number of nitrogens with one attached hydrogen (secondary N) is 1. The van der Waals surface area contributed by atoms with Crippen LogP contribution in [0.25, 0.3) is 11.5 Å². The first-order chi connectivity index (χ1) is 7.63. The van der Waals surface area contributed by atoms with Gasteiger partial charge in [0.2, 0.25) is 0 Å². The first-order valence-electron chi connectivity index (χ1n) is 4.75. The number of imidazole rings is 2. The van der Waals surface area contributed by atoms with Crippen molar-refractivity contribution in [2.45, 2.75) is 6.92 Å². The number of ether oxygens (including phenoxy) is 1. The molecule has 84 valence electrons. The molecule has 0 saturated carbocycles. The quantitative estimate of drug-likeness (QED) is 0.763. The number of rotatable bonds is 2. The van der Waals surface area contributed by atoms with Crippen LogP contribution in [0, 0.1) is 6.92 Å². The number of carbonyl (C=O) groups is 1. The van der Waals surface area contributed by atoms with Gasteiger partial charge in [-0.3, -0.25) is 0 Å². The minimum absolute atomic E-state index is 0.304. The van der Waals surface area contributed by atoms with Gasteiger partial charge in [-0.2, -0.15) is 0 Å². The summed E-state index contributed by atoms with van der Waals surface area (Å²) in [6, 6.07) is 0. The van der Waals surface area contributed by atoms with Crippen LogP contribution in [0.4, 0.5) is 0 Å². The lowest BCUT2D eigenvalue weighted by Gasteiger charge is -1.96. The van der Waals surface area contributed by atoms with Crippen LogP contribution in [0.15, 0.2) is 12.5 Å². The van der Waals surface area contributed by atoms with Crippen molar-refractivity contribution in [1.82, 2.24) is 19.5 Å². The maximum Gasteiger partial charge on any atom is 0.358 e. The summed E-state index contributed by atoms with van der Waals surface area (Å²) in [6.07, 6.45) is 3.35. The number of hydrogen-bond donors (Lipinski definition) is 1. The van der Waals surface area contributed by atoms with E-state index in [1.807, 2.05) is 11.6 Å². The molecule has 0 spiro atoms. The minimum atomic E-state index is -0.442. The van der Waals surface area contributed by atoms with Crippen molar-refractivity contribution in [2.24, 2.45) is 7.05 Å². The second kappa shape index (κ2) is 3.80. The molecule has 0 aromatic carbocycles. The molecule has 0 atom stereocenters. The fraction of sp³-hybridized carbons (Fsp3) is 0.300. The predicted octanol–water partition coefficient (Wildman–Crippen LogP) is 0.905. The first kappa shape index (κ1) is 10.4. The van der Waals surface area contributed by atoms with E-state index in [0.29, 0.717) is 17.2 Å². The molecule has 0 amide bonds. The van der Waals surface area contributed by atoms with Crippen molar-refractivity contribution < 1.29 is 9.53 Å². The highest BCUT2D eigenvalue weighted by molar-refractivity contribution is 5.89. The average Bonchev–Trinajstić information content (AvgIpc) is 2.83. The van der Waals surface area contributed by atoms with Crippen LogP contribution in [0.5, 0.6) is 0 Å². The third kappa shape index (κ3) is 1.58. The molecule has 0 saturated heterocycles. The molecular weight excluding hydrogens is 208 g/mol. The Balaban J connectivity index is 2.46. The summed E-state index contributed by atoms with van der Waals surface area (Å²) in [5.41, 5.74) is 1.81. The van der Waals surface area contributed by atoms with E-state index in [9.17, 15) is 4.79 Å². The number of aromatic nitrogens is 4. The van der Waals surface area contributed by atoms with Gasteiger partial charge < -0.3 is 14.3 Å². The van der Waals surface area contributed by atoms with Crippen molar-refractivity contribution in [1.29, 1.82) is 0 Å². The molecule has 1 N–H and O–H groups in total. The fourth-order valence-corrected chi connectivity index (χ4v) is 1.46. The highest BCUT2D eigenvalue weighted by Gasteiger charge is 2.17. The van der Waals surface area contributed by atoms with E-state index in [2.05, 4.69) is 19.7 Å². The van der Waals surface area contributed by atoms with Gasteiger partial charge in [-0.1, -0.05) is 0 Å². The first-order valence-corrected chi connectivity index (χ1v) is 4.75. The fourth-order valence-electron chi connectivity index (χ4n) is 1.46. The Kier molecular flexibility index (Phi) is 2.47. The summed E-state index contributed by atoms with van der Waals surface area (Å²) in [7, 11) is 3.19. The number of H-pyrrole nitrogens is 1. The van der Waals surface area contributed by atoms with E-state index >= 15 is 0 Å². The van der Waals surface area contributed by atoms with Gasteiger partial charge in [0.25, 0.3) is 0 Å². The largest absolute Gasteiger partial charge is 0.464 e. The van der Waals surface area contributed by atoms with Gasteiger partial charge >= 0.3 is 5.97 Å². The Morgan fingerprint density at radius 3 is 2.88 bits per heavy atom. The number of nitrogens with zero attached hydrogens (tertiary/aromatic N) is 3. The summed E-state index contributed by atoms with van der Waals surface area (Å²) in [5, 5.41) is 0. The van der Waals surface area contributed by atoms with Crippen LogP contribution in [-0.4, -0.2) is 32.6 Å². The van der Waals surface area contributed by atoms with Crippen molar-refractivity contribution in [2.75, 3.05) is 7.11 Å². The lowest BCUT2D eigenvalue weighted by atomic mass is 10.3. The number of aryl methyl sites for hydroxylation is 2. The molecule has 2 aromatic heterocycles. The lowest BCUT2D eigenvalue weighted by molar-refractivity contribution is 0.0594. The molecule has 0 fully saturated rings. The van der Waals surface area contributed by atoms with Gasteiger partial charge in [0.05, 0.1) is 19.6 Å². The zero-order valence-electron chi connectivity index (χ0n) is 9.31. The summed E-state index contributed by atoms with van der Waals surface area (Å²) >= 11 is 0. The molecule has 0 unspecified atom stereocenters. The number of esters is 1. The molecule has 0 aliphatic rings. The van der Waals surface area contributed by atoms with E-state index in [-0.39, 0.29) is 0 Å². The van der Waals surface area contributed by atoms with Crippen LogP contribution in [0.3, 0.4) is 0 Å². The lowest BCUT2D eigenvalue weighted by Crippen LogP contribution is -2.03. The van der Waals surface area contributed by atoms with Gasteiger partial charge in [0.1, 0.15) is 5.69 Å². The van der Waals surface area contributed by atoms with Crippen LogP contribution < -0.4 is 0 Å². The summed E-state index contributed by atoms with van der Waals surface area (Å²) in [5.74, 6) is 0.167. The van der Waals surface area contributed by atoms with Crippen molar-refractivity contribution in [3.8, 4) is 11.5 Å². The number of methoxy groups -OCH3 is 1. The molecule has 0 aliphatic heterocycles. The number of aromatic amines is 1. The maximum absolute atomic E-state index is 11.4. The molecule has 0 aliphatic carbocycles. The van der Waals surface area contributed by atoms with E-state index in [4.69, 9.17) is 0 Å². The van der Waals surface area contributed by atoms with Gasteiger partial charge in [-0.05, 0) is 6.92 Å². The van der Waals surface area contributed by atoms with Crippen LogP contribution in [0.2, 0.25) is 0 Å². The standard InChI is InChI=1S/C10H12N4O2/c1-6-8(10(15)16-3)13-9(12-6)7-4-11-5-14(7)2/h4-5H,1-3H3,(H,12,13). The minimum Gasteiger partial charge on any atom is -0.464 e. The van der Waals surface area contributed by atoms with Crippen LogP contribution in [0.1, 0.15) is 16.2 Å². The second-order valence-corrected chi connectivity index (χ2v) is 3.44. The van der Waals surface area contributed by atoms with Crippen LogP contribution >= 0.6 is 0 Å². The highest BCUT2D eigenvalue weighted by atomic mass is 16.5. The van der Waals surface area contributed by atoms with Gasteiger partial charge in [0.15, 0.2) is 11.5 Å². The topological polar surface area (TPSA) is 72.8 Å². The Hall–Kier alpha value is -2.11. The Morgan fingerprint density at radius 1 is 1.56 bits per heavy atom. The van der Waals surface area contributed by atoms with E-state index in [1.165, 1.54) is 7.11 Å². The zero-order chi connectivity index (χ0) is 11.7. The number of carbonyl (C=O) groups excluding carboxylic acids is 1. The van der Waals surface area contributed by atoms with Crippen molar-refractivity contribution in [3.63, 3.8) is 0 Å². The summed E-state index contributed by atoms with van der Waals surface area (Å²) in [4.78, 5) is 22.6. The third-order valence-electron chi connectivity index (χ3n) is 2.32. The molecule has 16 heavy (non-hydrogen) atoms. The summed E-state index contributed by atoms with van der Waals surface area (Å²) in [6.45, 7) is 1.78. The van der Waals surface area contributed by atoms with Gasteiger partial charge in [-0.25, -0.2) is 14.8 Å². The Morgan fingerprint density at radius 2 is 2.31 bits per heavy atom. The smallest absolute Gasteiger partial charge is 0.358 e. The molecule has 0 radical (unpaired) electrons. The van der Waals surface area contributed by atoms with Gasteiger partial charge in [0, 0.05) is 12.7 Å². The van der Waals surface area contributed by atoms with Gasteiger partial charge in [-0.15, -0.1) is 0 Å². The van der Waals surface area contributed by atoms with E-state index in [0.717, 1.165) is 5.69 Å². The molecule has 2 heterocycles. The second-order valence-electron chi connectivity index (χ2n) is 3.44. The summed E-state index contributed by atoms with van der Waals surface area (Å²) < 4.78 is 6.45. The molecule has 6 heteroatoms. The predicted molar refractivity (Wildman–Crippen MR) is 56.9 cm³/mol. The number of hydrogen-bond acceptors (Lipinski definition) is 4. The SMILES string of the molecule is COC(=O)c1nc(-c2cncn2C)[nH]c1C. The third-order valence-corrected chi connectivity index (χ3v) is 2.32. The Bertz CT molecular complexity index is 527. The van der Waals surface area contributed by atoms with E-state index in [1.54, 1.807) is 19.4 Å². The molecule has 2 aromatic rings. The Labute approximate surface area is 92.3 Å². The molecule has 6 nitrogen and oxygen atoms in total. The monoisotopic (exact) mass is 220 g/mol. The van der Waals surface area contributed by atoms with Crippen molar-refractivity contribution in [3.05, 3.63) is 23.9 Å². The normalized spacial score (nSPS) is 10.4. The highest BCUT2D eigenvalue weighted by Crippen LogP contribution is 2.17. The maximum atomic E-state index is 11.4.